The van der Waals surface area contributed by atoms with Crippen LogP contribution in [-0.4, -0.2) is 33.0 Å². The van der Waals surface area contributed by atoms with Gasteiger partial charge in [-0.2, -0.15) is 0 Å². The number of hydrogen-bond acceptors (Lipinski definition) is 5. The third kappa shape index (κ3) is 3.98. The van der Waals surface area contributed by atoms with Gasteiger partial charge in [0.15, 0.2) is 0 Å². The van der Waals surface area contributed by atoms with Crippen LogP contribution in [0.1, 0.15) is 12.0 Å². The number of nitrogens with one attached hydrogen (secondary N) is 2. The summed E-state index contributed by atoms with van der Waals surface area (Å²) >= 11 is 0. The predicted octanol–water partition coefficient (Wildman–Crippen LogP) is 3.42. The molecule has 0 bridgehead atoms. The number of methoxy groups -OCH3 is 1. The fraction of sp³-hybridized carbons (Fsp3) is 0.160. The number of rotatable bonds is 8. The van der Waals surface area contributed by atoms with Gasteiger partial charge in [0.05, 0.1) is 19.0 Å². The van der Waals surface area contributed by atoms with Crippen LogP contribution in [0.2, 0.25) is 0 Å². The lowest BCUT2D eigenvalue weighted by molar-refractivity contribution is -0.123. The van der Waals surface area contributed by atoms with Crippen LogP contribution in [0.4, 0.5) is 5.69 Å². The maximum atomic E-state index is 12.9. The number of fused-ring (bicyclic) bond motifs is 1. The minimum atomic E-state index is -0.442. The van der Waals surface area contributed by atoms with Gasteiger partial charge in [-0.3, -0.25) is 14.9 Å². The lowest BCUT2D eigenvalue weighted by Crippen LogP contribution is -2.24. The van der Waals surface area contributed by atoms with E-state index in [4.69, 9.17) is 4.74 Å². The second-order valence-corrected chi connectivity index (χ2v) is 7.80. The summed E-state index contributed by atoms with van der Waals surface area (Å²) in [7, 11) is 1.61. The zero-order chi connectivity index (χ0) is 22.8. The zero-order valence-corrected chi connectivity index (χ0v) is 18.1. The average Bonchev–Trinajstić information content (AvgIpc) is 3.53. The molecular formula is C25H23N5O3. The molecule has 2 amide bonds. The predicted molar refractivity (Wildman–Crippen MR) is 125 cm³/mol. The first-order chi connectivity index (χ1) is 16.1. The molecule has 2 aromatic carbocycles. The van der Waals surface area contributed by atoms with E-state index in [0.717, 1.165) is 36.1 Å². The topological polar surface area (TPSA) is 90.2 Å². The number of imide groups is 1. The molecule has 1 aliphatic rings. The Morgan fingerprint density at radius 3 is 2.67 bits per heavy atom. The summed E-state index contributed by atoms with van der Waals surface area (Å²) in [5, 5.41) is 6.42. The molecule has 0 radical (unpaired) electrons. The Kier molecular flexibility index (Phi) is 5.40. The third-order valence-electron chi connectivity index (χ3n) is 5.71. The fourth-order valence-corrected chi connectivity index (χ4v) is 4.13. The molecule has 8 nitrogen and oxygen atoms in total. The summed E-state index contributed by atoms with van der Waals surface area (Å²) in [6, 6.07) is 15.1. The SMILES string of the molecule is COc1ccc2c(c1)c(C1=C(Nc3ccccc3)C(=O)NC1=O)cn2CCCn1ccnc1. The van der Waals surface area contributed by atoms with E-state index < -0.39 is 11.8 Å². The minimum Gasteiger partial charge on any atom is -0.497 e. The molecule has 5 rings (SSSR count). The van der Waals surface area contributed by atoms with Crippen molar-refractivity contribution in [3.63, 3.8) is 0 Å². The summed E-state index contributed by atoms with van der Waals surface area (Å²) in [5.74, 6) is -0.177. The fourth-order valence-electron chi connectivity index (χ4n) is 4.13. The second kappa shape index (κ2) is 8.66. The van der Waals surface area contributed by atoms with Crippen molar-refractivity contribution in [1.29, 1.82) is 0 Å². The van der Waals surface area contributed by atoms with Crippen LogP contribution < -0.4 is 15.4 Å². The van der Waals surface area contributed by atoms with Crippen LogP contribution >= 0.6 is 0 Å². The molecular weight excluding hydrogens is 418 g/mol. The highest BCUT2D eigenvalue weighted by Gasteiger charge is 2.33. The number of hydrogen-bond donors (Lipinski definition) is 2. The molecule has 33 heavy (non-hydrogen) atoms. The third-order valence-corrected chi connectivity index (χ3v) is 5.71. The minimum absolute atomic E-state index is 0.242. The highest BCUT2D eigenvalue weighted by Crippen LogP contribution is 2.34. The molecule has 0 saturated carbocycles. The maximum Gasteiger partial charge on any atom is 0.275 e. The molecule has 8 heteroatoms. The van der Waals surface area contributed by atoms with Crippen molar-refractivity contribution in [2.24, 2.45) is 0 Å². The zero-order valence-electron chi connectivity index (χ0n) is 18.1. The number of ether oxygens (including phenoxy) is 1. The number of aryl methyl sites for hydroxylation is 2. The lowest BCUT2D eigenvalue weighted by atomic mass is 10.0. The Labute approximate surface area is 190 Å². The Morgan fingerprint density at radius 2 is 1.91 bits per heavy atom. The number of imidazole rings is 1. The molecule has 0 atom stereocenters. The van der Waals surface area contributed by atoms with E-state index in [9.17, 15) is 9.59 Å². The highest BCUT2D eigenvalue weighted by atomic mass is 16.5. The molecule has 0 unspecified atom stereocenters. The van der Waals surface area contributed by atoms with E-state index in [0.29, 0.717) is 16.9 Å². The van der Waals surface area contributed by atoms with Gasteiger partial charge in [-0.25, -0.2) is 4.98 Å². The van der Waals surface area contributed by atoms with Crippen molar-refractivity contribution in [3.8, 4) is 5.75 Å². The van der Waals surface area contributed by atoms with Crippen molar-refractivity contribution >= 4 is 34.0 Å². The van der Waals surface area contributed by atoms with Gasteiger partial charge in [0.25, 0.3) is 11.8 Å². The molecule has 4 aromatic rings. The molecule has 0 saturated heterocycles. The Hall–Kier alpha value is -4.33. The van der Waals surface area contributed by atoms with Gasteiger partial charge >= 0.3 is 0 Å². The lowest BCUT2D eigenvalue weighted by Gasteiger charge is -2.07. The van der Waals surface area contributed by atoms with E-state index in [2.05, 4.69) is 20.2 Å². The Morgan fingerprint density at radius 1 is 1.06 bits per heavy atom. The van der Waals surface area contributed by atoms with Gasteiger partial charge in [0.1, 0.15) is 11.4 Å². The highest BCUT2D eigenvalue weighted by molar-refractivity contribution is 6.38. The van der Waals surface area contributed by atoms with Crippen molar-refractivity contribution < 1.29 is 14.3 Å². The van der Waals surface area contributed by atoms with Crippen molar-refractivity contribution in [3.05, 3.63) is 84.7 Å². The first-order valence-electron chi connectivity index (χ1n) is 10.7. The van der Waals surface area contributed by atoms with E-state index in [-0.39, 0.29) is 5.70 Å². The van der Waals surface area contributed by atoms with Gasteiger partial charge in [0.2, 0.25) is 0 Å². The maximum absolute atomic E-state index is 12.9. The van der Waals surface area contributed by atoms with Gasteiger partial charge < -0.3 is 19.2 Å². The van der Waals surface area contributed by atoms with Gasteiger partial charge in [-0.1, -0.05) is 18.2 Å². The smallest absolute Gasteiger partial charge is 0.275 e. The molecule has 2 N–H and O–H groups in total. The Balaban J connectivity index is 1.57. The number of benzene rings is 2. The number of carbonyl (C=O) groups excluding carboxylic acids is 2. The molecule has 1 aliphatic heterocycles. The molecule has 0 spiro atoms. The van der Waals surface area contributed by atoms with Gasteiger partial charge in [0, 0.05) is 53.8 Å². The van der Waals surface area contributed by atoms with Crippen molar-refractivity contribution in [2.45, 2.75) is 19.5 Å². The number of anilines is 1. The molecule has 2 aromatic heterocycles. The van der Waals surface area contributed by atoms with Gasteiger partial charge in [-0.05, 0) is 36.8 Å². The standard InChI is InChI=1S/C25H23N5O3/c1-33-18-8-9-21-19(14-18)20(15-30(21)12-5-11-29-13-10-26-16-29)22-23(25(32)28-24(22)31)27-17-6-3-2-4-7-17/h2-4,6-10,13-16H,5,11-12H2,1H3,(H2,27,28,31,32). The average molecular weight is 441 g/mol. The van der Waals surface area contributed by atoms with Gasteiger partial charge in [-0.15, -0.1) is 0 Å². The van der Waals surface area contributed by atoms with Crippen LogP contribution in [0, 0.1) is 0 Å². The molecule has 3 heterocycles. The summed E-state index contributed by atoms with van der Waals surface area (Å²) in [6.07, 6.45) is 8.32. The normalized spacial score (nSPS) is 13.6. The first kappa shape index (κ1) is 20.6. The van der Waals surface area contributed by atoms with Crippen LogP contribution in [0.15, 0.2) is 79.1 Å². The van der Waals surface area contributed by atoms with E-state index in [1.807, 2.05) is 65.5 Å². The summed E-state index contributed by atoms with van der Waals surface area (Å²) in [5.41, 5.74) is 2.96. The molecule has 166 valence electrons. The molecule has 0 fully saturated rings. The summed E-state index contributed by atoms with van der Waals surface area (Å²) in [4.78, 5) is 29.6. The van der Waals surface area contributed by atoms with Crippen LogP contribution in [0.25, 0.3) is 16.5 Å². The van der Waals surface area contributed by atoms with Crippen LogP contribution in [0.3, 0.4) is 0 Å². The first-order valence-corrected chi connectivity index (χ1v) is 10.7. The van der Waals surface area contributed by atoms with E-state index in [1.165, 1.54) is 0 Å². The van der Waals surface area contributed by atoms with E-state index in [1.54, 1.807) is 19.6 Å². The monoisotopic (exact) mass is 441 g/mol. The Bertz CT molecular complexity index is 1350. The van der Waals surface area contributed by atoms with Crippen molar-refractivity contribution in [2.75, 3.05) is 12.4 Å². The summed E-state index contributed by atoms with van der Waals surface area (Å²) < 4.78 is 9.58. The number of nitrogens with zero attached hydrogens (tertiary/aromatic N) is 3. The summed E-state index contributed by atoms with van der Waals surface area (Å²) in [6.45, 7) is 1.57. The van der Waals surface area contributed by atoms with Crippen molar-refractivity contribution in [1.82, 2.24) is 19.4 Å². The second-order valence-electron chi connectivity index (χ2n) is 7.80. The number of para-hydroxylation sites is 1. The van der Waals surface area contributed by atoms with E-state index >= 15 is 0 Å². The number of carbonyl (C=O) groups is 2. The number of aromatic nitrogens is 3. The molecule has 0 aliphatic carbocycles. The van der Waals surface area contributed by atoms with Crippen LogP contribution in [0.5, 0.6) is 5.75 Å². The quantitative estimate of drug-likeness (QED) is 0.409. The van der Waals surface area contributed by atoms with Crippen LogP contribution in [-0.2, 0) is 22.7 Å². The largest absolute Gasteiger partial charge is 0.497 e. The number of amides is 2.